The van der Waals surface area contributed by atoms with E-state index in [1.807, 2.05) is 0 Å². The van der Waals surface area contributed by atoms with Gasteiger partial charge in [-0.1, -0.05) is 18.5 Å². The fourth-order valence-corrected chi connectivity index (χ4v) is 1.68. The molecule has 1 aliphatic rings. The molecule has 15 heavy (non-hydrogen) atoms. The molecule has 1 fully saturated rings. The molecule has 2 rings (SSSR count). The third kappa shape index (κ3) is 2.35. The first-order valence-electron chi connectivity index (χ1n) is 5.47. The third-order valence-corrected chi connectivity index (χ3v) is 2.68. The van der Waals surface area contributed by atoms with Crippen molar-refractivity contribution in [2.24, 2.45) is 5.73 Å². The van der Waals surface area contributed by atoms with Crippen molar-refractivity contribution < 1.29 is 9.26 Å². The summed E-state index contributed by atoms with van der Waals surface area (Å²) in [6.07, 6.45) is 3.10. The Kier molecular flexibility index (Phi) is 3.33. The van der Waals surface area contributed by atoms with Crippen LogP contribution in [0.5, 0.6) is 0 Å². The number of aryl methyl sites for hydroxylation is 1. The Morgan fingerprint density at radius 1 is 1.47 bits per heavy atom. The van der Waals surface area contributed by atoms with E-state index >= 15 is 0 Å². The predicted molar refractivity (Wildman–Crippen MR) is 54.4 cm³/mol. The van der Waals surface area contributed by atoms with E-state index in [0.29, 0.717) is 19.1 Å². The lowest BCUT2D eigenvalue weighted by atomic mass is 10.1. The lowest BCUT2D eigenvalue weighted by molar-refractivity contribution is 0.187. The number of unbranched alkanes of at least 4 members (excludes halogenated alkanes) is 1. The van der Waals surface area contributed by atoms with Crippen LogP contribution in [0.2, 0.25) is 0 Å². The summed E-state index contributed by atoms with van der Waals surface area (Å²) in [5.74, 6) is 1.49. The van der Waals surface area contributed by atoms with Crippen molar-refractivity contribution in [2.45, 2.75) is 38.1 Å². The smallest absolute Gasteiger partial charge is 0.233 e. The van der Waals surface area contributed by atoms with E-state index in [9.17, 15) is 0 Å². The summed E-state index contributed by atoms with van der Waals surface area (Å²) in [6, 6.07) is -0.00975. The third-order valence-electron chi connectivity index (χ3n) is 2.68. The second-order valence-electron chi connectivity index (χ2n) is 3.96. The summed E-state index contributed by atoms with van der Waals surface area (Å²) in [4.78, 5) is 4.34. The van der Waals surface area contributed by atoms with E-state index in [1.54, 1.807) is 0 Å². The monoisotopic (exact) mass is 211 g/mol. The first-order chi connectivity index (χ1) is 7.31. The second kappa shape index (κ2) is 4.72. The first kappa shape index (κ1) is 10.6. The van der Waals surface area contributed by atoms with Crippen LogP contribution in [0.15, 0.2) is 4.52 Å². The number of hydrogen-bond acceptors (Lipinski definition) is 5. The maximum Gasteiger partial charge on any atom is 0.233 e. The number of rotatable bonds is 4. The summed E-state index contributed by atoms with van der Waals surface area (Å²) in [7, 11) is 0. The van der Waals surface area contributed by atoms with Gasteiger partial charge in [0.25, 0.3) is 0 Å². The molecule has 84 valence electrons. The largest absolute Gasteiger partial charge is 0.379 e. The summed E-state index contributed by atoms with van der Waals surface area (Å²) in [5.41, 5.74) is 5.87. The van der Waals surface area contributed by atoms with Crippen LogP contribution in [0.3, 0.4) is 0 Å². The van der Waals surface area contributed by atoms with Gasteiger partial charge in [0, 0.05) is 12.5 Å². The SMILES string of the molecule is CCCCc1noc(C2COCC2N)n1. The van der Waals surface area contributed by atoms with E-state index in [1.165, 1.54) is 0 Å². The van der Waals surface area contributed by atoms with Gasteiger partial charge in [0.05, 0.1) is 19.1 Å². The van der Waals surface area contributed by atoms with Crippen molar-refractivity contribution in [3.63, 3.8) is 0 Å². The van der Waals surface area contributed by atoms with Gasteiger partial charge in [0.15, 0.2) is 5.82 Å². The van der Waals surface area contributed by atoms with E-state index < -0.39 is 0 Å². The van der Waals surface area contributed by atoms with Gasteiger partial charge in [-0.3, -0.25) is 0 Å². The molecule has 2 N–H and O–H groups in total. The average Bonchev–Trinajstić information content (AvgIpc) is 2.83. The van der Waals surface area contributed by atoms with E-state index in [4.69, 9.17) is 15.0 Å². The van der Waals surface area contributed by atoms with Crippen molar-refractivity contribution >= 4 is 0 Å². The minimum atomic E-state index is -0.00975. The highest BCUT2D eigenvalue weighted by molar-refractivity contribution is 5.01. The number of nitrogens with zero attached hydrogens (tertiary/aromatic N) is 2. The summed E-state index contributed by atoms with van der Waals surface area (Å²) < 4.78 is 10.5. The standard InChI is InChI=1S/C10H17N3O2/c1-2-3-4-9-12-10(15-13-9)7-5-14-6-8(7)11/h7-8H,2-6,11H2,1H3. The van der Waals surface area contributed by atoms with Gasteiger partial charge in [-0.25, -0.2) is 0 Å². The number of nitrogens with two attached hydrogens (primary N) is 1. The molecule has 1 aliphatic heterocycles. The van der Waals surface area contributed by atoms with Crippen molar-refractivity contribution in [1.29, 1.82) is 0 Å². The Morgan fingerprint density at radius 2 is 2.33 bits per heavy atom. The van der Waals surface area contributed by atoms with Gasteiger partial charge in [0.1, 0.15) is 0 Å². The van der Waals surface area contributed by atoms with Gasteiger partial charge in [-0.15, -0.1) is 0 Å². The number of ether oxygens (including phenoxy) is 1. The van der Waals surface area contributed by atoms with Crippen LogP contribution in [-0.2, 0) is 11.2 Å². The van der Waals surface area contributed by atoms with Crippen molar-refractivity contribution in [1.82, 2.24) is 10.1 Å². The van der Waals surface area contributed by atoms with Crippen LogP contribution in [0.25, 0.3) is 0 Å². The van der Waals surface area contributed by atoms with Crippen molar-refractivity contribution in [3.05, 3.63) is 11.7 Å². The highest BCUT2D eigenvalue weighted by Crippen LogP contribution is 2.22. The zero-order valence-corrected chi connectivity index (χ0v) is 8.98. The summed E-state index contributed by atoms with van der Waals surface area (Å²) in [5, 5.41) is 3.94. The zero-order chi connectivity index (χ0) is 10.7. The molecule has 2 unspecified atom stereocenters. The molecule has 0 amide bonds. The Hall–Kier alpha value is -0.940. The molecule has 1 aromatic rings. The normalized spacial score (nSPS) is 26.0. The molecule has 0 saturated carbocycles. The maximum atomic E-state index is 5.87. The molecule has 1 saturated heterocycles. The fourth-order valence-electron chi connectivity index (χ4n) is 1.68. The molecule has 5 nitrogen and oxygen atoms in total. The molecule has 0 spiro atoms. The van der Waals surface area contributed by atoms with Crippen LogP contribution in [0, 0.1) is 0 Å². The van der Waals surface area contributed by atoms with Crippen molar-refractivity contribution in [2.75, 3.05) is 13.2 Å². The van der Waals surface area contributed by atoms with Crippen LogP contribution < -0.4 is 5.73 Å². The first-order valence-corrected chi connectivity index (χ1v) is 5.47. The van der Waals surface area contributed by atoms with Gasteiger partial charge >= 0.3 is 0 Å². The van der Waals surface area contributed by atoms with Crippen LogP contribution in [0.4, 0.5) is 0 Å². The molecule has 1 aromatic heterocycles. The molecule has 0 aromatic carbocycles. The highest BCUT2D eigenvalue weighted by atomic mass is 16.5. The minimum Gasteiger partial charge on any atom is -0.379 e. The van der Waals surface area contributed by atoms with Gasteiger partial charge in [-0.05, 0) is 6.42 Å². The molecule has 0 bridgehead atoms. The molecule has 2 heterocycles. The average molecular weight is 211 g/mol. The topological polar surface area (TPSA) is 74.2 Å². The van der Waals surface area contributed by atoms with E-state index in [-0.39, 0.29) is 12.0 Å². The summed E-state index contributed by atoms with van der Waals surface area (Å²) in [6.45, 7) is 3.32. The molecule has 5 heteroatoms. The second-order valence-corrected chi connectivity index (χ2v) is 3.96. The molecule has 0 aliphatic carbocycles. The van der Waals surface area contributed by atoms with Gasteiger partial charge in [-0.2, -0.15) is 4.98 Å². The Balaban J connectivity index is 1.99. The maximum absolute atomic E-state index is 5.87. The Labute approximate surface area is 89.0 Å². The highest BCUT2D eigenvalue weighted by Gasteiger charge is 2.31. The lowest BCUT2D eigenvalue weighted by Crippen LogP contribution is -2.27. The van der Waals surface area contributed by atoms with Crippen LogP contribution in [0.1, 0.15) is 37.4 Å². The number of hydrogen-bond donors (Lipinski definition) is 1. The quantitative estimate of drug-likeness (QED) is 0.799. The fraction of sp³-hybridized carbons (Fsp3) is 0.800. The van der Waals surface area contributed by atoms with Crippen LogP contribution >= 0.6 is 0 Å². The number of aromatic nitrogens is 2. The Bertz CT molecular complexity index is 313. The predicted octanol–water partition coefficient (Wildman–Crippen LogP) is 0.853. The molecule has 2 atom stereocenters. The van der Waals surface area contributed by atoms with E-state index in [2.05, 4.69) is 17.1 Å². The summed E-state index contributed by atoms with van der Waals surface area (Å²) >= 11 is 0. The Morgan fingerprint density at radius 3 is 3.00 bits per heavy atom. The van der Waals surface area contributed by atoms with Crippen molar-refractivity contribution in [3.8, 4) is 0 Å². The minimum absolute atomic E-state index is 0.00975. The molecule has 0 radical (unpaired) electrons. The van der Waals surface area contributed by atoms with Crippen LogP contribution in [-0.4, -0.2) is 29.4 Å². The lowest BCUT2D eigenvalue weighted by Gasteiger charge is -2.06. The zero-order valence-electron chi connectivity index (χ0n) is 8.98. The van der Waals surface area contributed by atoms with Gasteiger partial charge < -0.3 is 15.0 Å². The molecular weight excluding hydrogens is 194 g/mol. The van der Waals surface area contributed by atoms with Gasteiger partial charge in [0.2, 0.25) is 5.89 Å². The van der Waals surface area contributed by atoms with E-state index in [0.717, 1.165) is 25.1 Å². The molecular formula is C10H17N3O2.